The molecule has 25 heavy (non-hydrogen) atoms. The molecule has 0 aliphatic carbocycles. The first-order valence-electron chi connectivity index (χ1n) is 8.91. The molecule has 0 bridgehead atoms. The molecule has 0 spiro atoms. The van der Waals surface area contributed by atoms with Gasteiger partial charge in [-0.15, -0.1) is 0 Å². The number of rotatable bonds is 4. The van der Waals surface area contributed by atoms with Crippen LogP contribution in [0.4, 0.5) is 5.69 Å². The van der Waals surface area contributed by atoms with Crippen molar-refractivity contribution >= 4 is 16.5 Å². The van der Waals surface area contributed by atoms with Gasteiger partial charge in [-0.05, 0) is 34.5 Å². The van der Waals surface area contributed by atoms with Crippen LogP contribution in [0.5, 0.6) is 5.75 Å². The highest BCUT2D eigenvalue weighted by molar-refractivity contribution is 5.82. The van der Waals surface area contributed by atoms with Crippen LogP contribution in [-0.4, -0.2) is 38.2 Å². The summed E-state index contributed by atoms with van der Waals surface area (Å²) in [4.78, 5) is 4.99. The quantitative estimate of drug-likeness (QED) is 0.713. The lowest BCUT2D eigenvalue weighted by Crippen LogP contribution is -2.45. The summed E-state index contributed by atoms with van der Waals surface area (Å²) in [6.07, 6.45) is 0. The van der Waals surface area contributed by atoms with Gasteiger partial charge in [-0.1, -0.05) is 42.5 Å². The molecule has 0 saturated carbocycles. The van der Waals surface area contributed by atoms with E-state index in [1.165, 1.54) is 22.0 Å². The first-order valence-corrected chi connectivity index (χ1v) is 8.91. The van der Waals surface area contributed by atoms with E-state index in [0.29, 0.717) is 0 Å². The van der Waals surface area contributed by atoms with Crippen molar-refractivity contribution in [3.8, 4) is 5.75 Å². The van der Waals surface area contributed by atoms with E-state index in [9.17, 15) is 0 Å². The molecule has 0 N–H and O–H groups in total. The maximum absolute atomic E-state index is 5.34. The van der Waals surface area contributed by atoms with Crippen molar-refractivity contribution in [2.75, 3.05) is 38.2 Å². The van der Waals surface area contributed by atoms with Crippen LogP contribution in [-0.2, 0) is 6.54 Å². The Balaban J connectivity index is 1.39. The minimum absolute atomic E-state index is 0.927. The van der Waals surface area contributed by atoms with E-state index in [2.05, 4.69) is 70.5 Å². The van der Waals surface area contributed by atoms with E-state index in [1.54, 1.807) is 7.11 Å². The van der Waals surface area contributed by atoms with Gasteiger partial charge in [0.15, 0.2) is 0 Å². The molecule has 128 valence electrons. The van der Waals surface area contributed by atoms with E-state index < -0.39 is 0 Å². The zero-order valence-corrected chi connectivity index (χ0v) is 14.7. The molecule has 1 aliphatic rings. The second-order valence-electron chi connectivity index (χ2n) is 6.65. The normalized spacial score (nSPS) is 15.5. The van der Waals surface area contributed by atoms with Gasteiger partial charge in [0.1, 0.15) is 5.75 Å². The standard InChI is InChI=1S/C22H24N2O/c1-25-22-8-4-7-21(16-22)24-13-11-23(12-14-24)17-18-9-10-19-5-2-3-6-20(19)15-18/h2-10,15-16H,11-14,17H2,1H3. The topological polar surface area (TPSA) is 15.7 Å². The van der Waals surface area contributed by atoms with Gasteiger partial charge in [-0.2, -0.15) is 0 Å². The van der Waals surface area contributed by atoms with Gasteiger partial charge >= 0.3 is 0 Å². The predicted molar refractivity (Wildman–Crippen MR) is 104 cm³/mol. The number of ether oxygens (including phenoxy) is 1. The molecule has 0 unspecified atom stereocenters. The van der Waals surface area contributed by atoms with Gasteiger partial charge in [-0.25, -0.2) is 0 Å². The number of methoxy groups -OCH3 is 1. The molecule has 0 aromatic heterocycles. The monoisotopic (exact) mass is 332 g/mol. The maximum atomic E-state index is 5.34. The lowest BCUT2D eigenvalue weighted by molar-refractivity contribution is 0.250. The fraction of sp³-hybridized carbons (Fsp3) is 0.273. The van der Waals surface area contributed by atoms with Crippen LogP contribution in [0.15, 0.2) is 66.7 Å². The van der Waals surface area contributed by atoms with Crippen LogP contribution in [0.1, 0.15) is 5.56 Å². The Hall–Kier alpha value is -2.52. The predicted octanol–water partition coefficient (Wildman–Crippen LogP) is 4.17. The molecule has 3 aromatic rings. The molecular weight excluding hydrogens is 308 g/mol. The number of hydrogen-bond donors (Lipinski definition) is 0. The Labute approximate surface area is 149 Å². The van der Waals surface area contributed by atoms with Gasteiger partial charge < -0.3 is 9.64 Å². The molecular formula is C22H24N2O. The van der Waals surface area contributed by atoms with Crippen molar-refractivity contribution in [3.63, 3.8) is 0 Å². The SMILES string of the molecule is COc1cccc(N2CCN(Cc3ccc4ccccc4c3)CC2)c1. The molecule has 1 heterocycles. The summed E-state index contributed by atoms with van der Waals surface area (Å²) in [7, 11) is 1.72. The number of anilines is 1. The van der Waals surface area contributed by atoms with Crippen LogP contribution in [0, 0.1) is 0 Å². The van der Waals surface area contributed by atoms with Crippen LogP contribution in [0.2, 0.25) is 0 Å². The van der Waals surface area contributed by atoms with Gasteiger partial charge in [0, 0.05) is 44.5 Å². The van der Waals surface area contributed by atoms with Crippen LogP contribution < -0.4 is 9.64 Å². The molecule has 3 aromatic carbocycles. The highest BCUT2D eigenvalue weighted by Gasteiger charge is 2.17. The molecule has 3 nitrogen and oxygen atoms in total. The summed E-state index contributed by atoms with van der Waals surface area (Å²) in [5, 5.41) is 2.64. The first kappa shape index (κ1) is 16.0. The van der Waals surface area contributed by atoms with Gasteiger partial charge in [0.2, 0.25) is 0 Å². The summed E-state index contributed by atoms with van der Waals surface area (Å²) in [5.41, 5.74) is 2.65. The van der Waals surface area contributed by atoms with Crippen LogP contribution >= 0.6 is 0 Å². The molecule has 0 amide bonds. The third-order valence-corrected chi connectivity index (χ3v) is 5.01. The fourth-order valence-electron chi connectivity index (χ4n) is 3.57. The molecule has 1 fully saturated rings. The Morgan fingerprint density at radius 3 is 2.40 bits per heavy atom. The van der Waals surface area contributed by atoms with E-state index in [0.717, 1.165) is 38.5 Å². The minimum Gasteiger partial charge on any atom is -0.497 e. The molecule has 1 aliphatic heterocycles. The molecule has 0 radical (unpaired) electrons. The van der Waals surface area contributed by atoms with E-state index in [1.807, 2.05) is 6.07 Å². The van der Waals surface area contributed by atoms with Crippen LogP contribution in [0.25, 0.3) is 10.8 Å². The Bertz CT molecular complexity index is 853. The summed E-state index contributed by atoms with van der Waals surface area (Å²) < 4.78 is 5.34. The van der Waals surface area contributed by atoms with Crippen molar-refractivity contribution in [2.24, 2.45) is 0 Å². The second kappa shape index (κ2) is 7.16. The minimum atomic E-state index is 0.927. The average Bonchev–Trinajstić information content (AvgIpc) is 2.68. The summed E-state index contributed by atoms with van der Waals surface area (Å²) in [6.45, 7) is 5.31. The first-order chi connectivity index (χ1) is 12.3. The average molecular weight is 332 g/mol. The summed E-state index contributed by atoms with van der Waals surface area (Å²) >= 11 is 0. The summed E-state index contributed by atoms with van der Waals surface area (Å²) in [5.74, 6) is 0.927. The van der Waals surface area contributed by atoms with E-state index in [4.69, 9.17) is 4.74 Å². The Morgan fingerprint density at radius 2 is 1.60 bits per heavy atom. The van der Waals surface area contributed by atoms with Crippen molar-refractivity contribution in [1.29, 1.82) is 0 Å². The lowest BCUT2D eigenvalue weighted by atomic mass is 10.1. The highest BCUT2D eigenvalue weighted by atomic mass is 16.5. The van der Waals surface area contributed by atoms with Gasteiger partial charge in [0.25, 0.3) is 0 Å². The number of hydrogen-bond acceptors (Lipinski definition) is 3. The molecule has 0 atom stereocenters. The van der Waals surface area contributed by atoms with Crippen molar-refractivity contribution < 1.29 is 4.74 Å². The molecule has 4 rings (SSSR count). The fourth-order valence-corrected chi connectivity index (χ4v) is 3.57. The molecule has 1 saturated heterocycles. The zero-order chi connectivity index (χ0) is 17.1. The third kappa shape index (κ3) is 3.62. The smallest absolute Gasteiger partial charge is 0.120 e. The van der Waals surface area contributed by atoms with Gasteiger partial charge in [0.05, 0.1) is 7.11 Å². The molecule has 3 heteroatoms. The Kier molecular flexibility index (Phi) is 4.57. The maximum Gasteiger partial charge on any atom is 0.120 e. The Morgan fingerprint density at radius 1 is 0.800 bits per heavy atom. The largest absolute Gasteiger partial charge is 0.497 e. The third-order valence-electron chi connectivity index (χ3n) is 5.01. The van der Waals surface area contributed by atoms with Crippen LogP contribution in [0.3, 0.4) is 0 Å². The van der Waals surface area contributed by atoms with Gasteiger partial charge in [-0.3, -0.25) is 4.90 Å². The van der Waals surface area contributed by atoms with Crippen molar-refractivity contribution in [2.45, 2.75) is 6.54 Å². The number of piperazine rings is 1. The van der Waals surface area contributed by atoms with Crippen molar-refractivity contribution in [3.05, 3.63) is 72.3 Å². The second-order valence-corrected chi connectivity index (χ2v) is 6.65. The number of benzene rings is 3. The van der Waals surface area contributed by atoms with E-state index in [-0.39, 0.29) is 0 Å². The summed E-state index contributed by atoms with van der Waals surface area (Å²) in [6, 6.07) is 23.7. The lowest BCUT2D eigenvalue weighted by Gasteiger charge is -2.36. The number of nitrogens with zero attached hydrogens (tertiary/aromatic N) is 2. The number of fused-ring (bicyclic) bond motifs is 1. The van der Waals surface area contributed by atoms with E-state index >= 15 is 0 Å². The highest BCUT2D eigenvalue weighted by Crippen LogP contribution is 2.23. The zero-order valence-electron chi connectivity index (χ0n) is 14.7. The van der Waals surface area contributed by atoms with Crippen molar-refractivity contribution in [1.82, 2.24) is 4.90 Å².